The highest BCUT2D eigenvalue weighted by Crippen LogP contribution is 2.37. The second-order valence-electron chi connectivity index (χ2n) is 5.85. The summed E-state index contributed by atoms with van der Waals surface area (Å²) in [7, 11) is 0. The minimum atomic E-state index is 0.476. The average Bonchev–Trinajstić information content (AvgIpc) is 2.53. The first-order valence-corrected chi connectivity index (χ1v) is 8.90. The lowest BCUT2D eigenvalue weighted by molar-refractivity contribution is 0.0213. The number of halogens is 2. The van der Waals surface area contributed by atoms with Gasteiger partial charge in [0.05, 0.1) is 5.02 Å². The fourth-order valence-corrected chi connectivity index (χ4v) is 3.98. The molecule has 21 heavy (non-hydrogen) atoms. The molecule has 2 aliphatic rings. The molecule has 2 aliphatic heterocycles. The molecule has 0 spiro atoms. The van der Waals surface area contributed by atoms with Crippen LogP contribution in [0.1, 0.15) is 24.4 Å². The van der Waals surface area contributed by atoms with Crippen LogP contribution in [-0.2, 0) is 4.74 Å². The van der Waals surface area contributed by atoms with Crippen molar-refractivity contribution in [3.8, 4) is 0 Å². The molecule has 0 aliphatic carbocycles. The van der Waals surface area contributed by atoms with Crippen LogP contribution < -0.4 is 5.32 Å². The van der Waals surface area contributed by atoms with E-state index in [1.807, 2.05) is 6.07 Å². The highest BCUT2D eigenvalue weighted by Gasteiger charge is 2.31. The van der Waals surface area contributed by atoms with Gasteiger partial charge in [0.2, 0.25) is 0 Å². The Kier molecular flexibility index (Phi) is 5.57. The molecular weight excluding hydrogens is 352 g/mol. The van der Waals surface area contributed by atoms with Gasteiger partial charge in [0.25, 0.3) is 0 Å². The van der Waals surface area contributed by atoms with Gasteiger partial charge in [-0.25, -0.2) is 0 Å². The molecule has 0 saturated carbocycles. The molecule has 2 heterocycles. The maximum atomic E-state index is 6.17. The first-order chi connectivity index (χ1) is 10.3. The Morgan fingerprint density at radius 3 is 2.62 bits per heavy atom. The molecule has 116 valence electrons. The Labute approximate surface area is 140 Å². The summed E-state index contributed by atoms with van der Waals surface area (Å²) in [5.74, 6) is 0.671. The van der Waals surface area contributed by atoms with E-state index in [2.05, 4.69) is 38.3 Å². The third-order valence-electron chi connectivity index (χ3n) is 4.54. The summed E-state index contributed by atoms with van der Waals surface area (Å²) in [5.41, 5.74) is 1.38. The van der Waals surface area contributed by atoms with Crippen molar-refractivity contribution >= 4 is 27.5 Å². The predicted octanol–water partition coefficient (Wildman–Crippen LogP) is 3.48. The van der Waals surface area contributed by atoms with Crippen LogP contribution in [0.4, 0.5) is 0 Å². The summed E-state index contributed by atoms with van der Waals surface area (Å²) in [4.78, 5) is 2.63. The molecule has 3 rings (SSSR count). The van der Waals surface area contributed by atoms with Gasteiger partial charge in [-0.15, -0.1) is 0 Å². The van der Waals surface area contributed by atoms with Gasteiger partial charge in [-0.2, -0.15) is 0 Å². The Hall–Kier alpha value is -0.130. The third kappa shape index (κ3) is 3.80. The van der Waals surface area contributed by atoms with E-state index in [4.69, 9.17) is 16.3 Å². The third-order valence-corrected chi connectivity index (χ3v) is 5.76. The second-order valence-corrected chi connectivity index (χ2v) is 7.12. The number of piperazine rings is 1. The summed E-state index contributed by atoms with van der Waals surface area (Å²) in [6, 6.07) is 6.87. The molecule has 5 heteroatoms. The highest BCUT2D eigenvalue weighted by molar-refractivity contribution is 9.10. The molecule has 2 fully saturated rings. The number of rotatable bonds is 3. The first kappa shape index (κ1) is 15.8. The Morgan fingerprint density at radius 2 is 1.95 bits per heavy atom. The largest absolute Gasteiger partial charge is 0.381 e. The molecule has 0 unspecified atom stereocenters. The van der Waals surface area contributed by atoms with E-state index < -0.39 is 0 Å². The summed E-state index contributed by atoms with van der Waals surface area (Å²) in [6.07, 6.45) is 2.30. The van der Waals surface area contributed by atoms with Gasteiger partial charge in [0.15, 0.2) is 0 Å². The Balaban J connectivity index is 1.87. The van der Waals surface area contributed by atoms with Gasteiger partial charge >= 0.3 is 0 Å². The maximum absolute atomic E-state index is 6.17. The van der Waals surface area contributed by atoms with Crippen LogP contribution in [0.25, 0.3) is 0 Å². The molecule has 0 amide bonds. The number of benzene rings is 1. The van der Waals surface area contributed by atoms with Crippen molar-refractivity contribution in [3.63, 3.8) is 0 Å². The van der Waals surface area contributed by atoms with E-state index in [0.717, 1.165) is 61.7 Å². The van der Waals surface area contributed by atoms with Crippen LogP contribution >= 0.6 is 27.5 Å². The van der Waals surface area contributed by atoms with Gasteiger partial charge in [-0.05, 0) is 52.4 Å². The van der Waals surface area contributed by atoms with E-state index >= 15 is 0 Å². The number of nitrogens with zero attached hydrogens (tertiary/aromatic N) is 1. The van der Waals surface area contributed by atoms with Crippen LogP contribution in [0.3, 0.4) is 0 Å². The van der Waals surface area contributed by atoms with Crippen molar-refractivity contribution in [1.82, 2.24) is 10.2 Å². The molecule has 0 radical (unpaired) electrons. The first-order valence-electron chi connectivity index (χ1n) is 7.73. The number of ether oxygens (including phenoxy) is 1. The molecular formula is C16H22BrClN2O. The monoisotopic (exact) mass is 372 g/mol. The summed E-state index contributed by atoms with van der Waals surface area (Å²) in [5, 5.41) is 4.23. The predicted molar refractivity (Wildman–Crippen MR) is 89.9 cm³/mol. The van der Waals surface area contributed by atoms with Gasteiger partial charge in [-0.1, -0.05) is 17.7 Å². The van der Waals surface area contributed by atoms with E-state index in [9.17, 15) is 0 Å². The lowest BCUT2D eigenvalue weighted by Crippen LogP contribution is -2.47. The molecule has 2 saturated heterocycles. The summed E-state index contributed by atoms with van der Waals surface area (Å²) < 4.78 is 6.55. The molecule has 0 bridgehead atoms. The van der Waals surface area contributed by atoms with E-state index in [1.54, 1.807) is 0 Å². The van der Waals surface area contributed by atoms with E-state index in [1.165, 1.54) is 5.56 Å². The number of hydrogen-bond acceptors (Lipinski definition) is 3. The molecule has 1 aromatic carbocycles. The van der Waals surface area contributed by atoms with Crippen molar-refractivity contribution in [1.29, 1.82) is 0 Å². The molecule has 0 aromatic heterocycles. The Morgan fingerprint density at radius 1 is 1.24 bits per heavy atom. The average molecular weight is 374 g/mol. The normalized spacial score (nSPS) is 23.1. The highest BCUT2D eigenvalue weighted by atomic mass is 79.9. The molecule has 1 atom stereocenters. The van der Waals surface area contributed by atoms with Crippen LogP contribution in [0.5, 0.6) is 0 Å². The van der Waals surface area contributed by atoms with Crippen LogP contribution in [-0.4, -0.2) is 44.3 Å². The zero-order valence-electron chi connectivity index (χ0n) is 12.2. The molecule has 3 nitrogen and oxygen atoms in total. The smallest absolute Gasteiger partial charge is 0.0548 e. The fraction of sp³-hybridized carbons (Fsp3) is 0.625. The minimum absolute atomic E-state index is 0.476. The number of nitrogens with one attached hydrogen (secondary N) is 1. The lowest BCUT2D eigenvalue weighted by Gasteiger charge is -2.41. The second kappa shape index (κ2) is 7.42. The van der Waals surface area contributed by atoms with Crippen molar-refractivity contribution in [2.75, 3.05) is 39.4 Å². The van der Waals surface area contributed by atoms with Gasteiger partial charge in [0.1, 0.15) is 0 Å². The van der Waals surface area contributed by atoms with Crippen molar-refractivity contribution in [2.24, 2.45) is 5.92 Å². The fourth-order valence-electron chi connectivity index (χ4n) is 3.47. The van der Waals surface area contributed by atoms with Crippen molar-refractivity contribution in [3.05, 3.63) is 33.3 Å². The van der Waals surface area contributed by atoms with Crippen LogP contribution in [0.2, 0.25) is 5.02 Å². The topological polar surface area (TPSA) is 24.5 Å². The van der Waals surface area contributed by atoms with Gasteiger partial charge < -0.3 is 10.1 Å². The van der Waals surface area contributed by atoms with Crippen molar-refractivity contribution in [2.45, 2.75) is 18.9 Å². The van der Waals surface area contributed by atoms with Crippen LogP contribution in [0, 0.1) is 5.92 Å². The minimum Gasteiger partial charge on any atom is -0.381 e. The standard InChI is InChI=1S/C16H22BrClN2O/c17-14-11-13(1-2-15(14)18)16(12-3-9-21-10-4-12)20-7-5-19-6-8-20/h1-2,11-12,16,19H,3-10H2/t16-/m0/s1. The SMILES string of the molecule is Clc1ccc([C@H](C2CCOCC2)N2CCNCC2)cc1Br. The number of hydrogen-bond donors (Lipinski definition) is 1. The van der Waals surface area contributed by atoms with Crippen LogP contribution in [0.15, 0.2) is 22.7 Å². The lowest BCUT2D eigenvalue weighted by atomic mass is 9.85. The summed E-state index contributed by atoms with van der Waals surface area (Å²) >= 11 is 9.74. The maximum Gasteiger partial charge on any atom is 0.0548 e. The summed E-state index contributed by atoms with van der Waals surface area (Å²) in [6.45, 7) is 6.16. The Bertz CT molecular complexity index is 455. The quantitative estimate of drug-likeness (QED) is 0.878. The zero-order chi connectivity index (χ0) is 14.7. The zero-order valence-corrected chi connectivity index (χ0v) is 14.5. The molecule has 1 aromatic rings. The molecule has 1 N–H and O–H groups in total. The van der Waals surface area contributed by atoms with Gasteiger partial charge in [-0.3, -0.25) is 4.90 Å². The van der Waals surface area contributed by atoms with Gasteiger partial charge in [0, 0.05) is 49.9 Å². The van der Waals surface area contributed by atoms with E-state index in [0.29, 0.717) is 12.0 Å². The van der Waals surface area contributed by atoms with Crippen molar-refractivity contribution < 1.29 is 4.74 Å². The van der Waals surface area contributed by atoms with E-state index in [-0.39, 0.29) is 0 Å².